The van der Waals surface area contributed by atoms with Gasteiger partial charge in [0.2, 0.25) is 5.91 Å². The number of carbonyl (C=O) groups excluding carboxylic acids is 2. The summed E-state index contributed by atoms with van der Waals surface area (Å²) in [5, 5.41) is 0. The Morgan fingerprint density at radius 3 is 2.09 bits per heavy atom. The number of urea groups is 1. The molecular formula is C32H35F6N3O2. The molecule has 2 saturated heterocycles. The summed E-state index contributed by atoms with van der Waals surface area (Å²) < 4.78 is 81.3. The number of hydrogen-bond acceptors (Lipinski definition) is 2. The van der Waals surface area contributed by atoms with Crippen molar-refractivity contribution in [3.8, 4) is 0 Å². The second-order valence-electron chi connectivity index (χ2n) is 11.4. The summed E-state index contributed by atoms with van der Waals surface area (Å²) in [5.41, 5.74) is -2.25. The number of piperazine rings is 1. The van der Waals surface area contributed by atoms with Gasteiger partial charge in [-0.3, -0.25) is 4.79 Å². The second kappa shape index (κ2) is 11.7. The first-order valence-electron chi connectivity index (χ1n) is 14.0. The molecule has 0 bridgehead atoms. The Labute approximate surface area is 247 Å². The van der Waals surface area contributed by atoms with E-state index in [0.29, 0.717) is 31.4 Å². The predicted octanol–water partition coefficient (Wildman–Crippen LogP) is 7.94. The number of allylic oxidation sites excluding steroid dienone is 2. The number of aryl methyl sites for hydroxylation is 1. The molecular weight excluding hydrogens is 572 g/mol. The molecule has 2 heterocycles. The largest absolute Gasteiger partial charge is 0.416 e. The van der Waals surface area contributed by atoms with E-state index in [1.807, 2.05) is 31.2 Å². The van der Waals surface area contributed by atoms with Crippen molar-refractivity contribution in [3.05, 3.63) is 95.6 Å². The molecule has 2 aliphatic heterocycles. The van der Waals surface area contributed by atoms with Gasteiger partial charge in [-0.05, 0) is 68.0 Å². The van der Waals surface area contributed by atoms with E-state index < -0.39 is 53.1 Å². The van der Waals surface area contributed by atoms with Gasteiger partial charge in [-0.2, -0.15) is 26.3 Å². The van der Waals surface area contributed by atoms with Gasteiger partial charge in [-0.15, -0.1) is 13.2 Å². The minimum atomic E-state index is -5.01. The van der Waals surface area contributed by atoms with E-state index in [-0.39, 0.29) is 30.6 Å². The molecule has 43 heavy (non-hydrogen) atoms. The highest BCUT2D eigenvalue weighted by Gasteiger charge is 2.56. The average molecular weight is 608 g/mol. The van der Waals surface area contributed by atoms with Crippen LogP contribution in [0.4, 0.5) is 31.1 Å². The number of nitrogens with zero attached hydrogens (tertiary/aromatic N) is 3. The summed E-state index contributed by atoms with van der Waals surface area (Å²) in [6.45, 7) is 11.3. The first-order chi connectivity index (χ1) is 20.1. The molecule has 0 radical (unpaired) electrons. The van der Waals surface area contributed by atoms with Gasteiger partial charge in [0.25, 0.3) is 0 Å². The van der Waals surface area contributed by atoms with E-state index in [4.69, 9.17) is 0 Å². The van der Waals surface area contributed by atoms with Crippen LogP contribution in [0.15, 0.2) is 67.8 Å². The molecule has 3 atom stereocenters. The molecule has 2 fully saturated rings. The third-order valence-corrected chi connectivity index (χ3v) is 8.79. The van der Waals surface area contributed by atoms with Crippen molar-refractivity contribution >= 4 is 11.9 Å². The first-order valence-corrected chi connectivity index (χ1v) is 14.0. The maximum atomic E-state index is 14.1. The number of alkyl halides is 6. The lowest BCUT2D eigenvalue weighted by atomic mass is 9.76. The Bertz CT molecular complexity index is 1360. The second-order valence-corrected chi connectivity index (χ2v) is 11.4. The minimum absolute atomic E-state index is 0.0478. The van der Waals surface area contributed by atoms with Crippen LogP contribution in [0.3, 0.4) is 0 Å². The Kier molecular flexibility index (Phi) is 8.77. The summed E-state index contributed by atoms with van der Waals surface area (Å²) in [6.07, 6.45) is -5.35. The zero-order chi connectivity index (χ0) is 31.9. The van der Waals surface area contributed by atoms with Crippen molar-refractivity contribution in [2.45, 2.75) is 63.6 Å². The van der Waals surface area contributed by atoms with Crippen molar-refractivity contribution in [1.29, 1.82) is 0 Å². The highest BCUT2D eigenvalue weighted by atomic mass is 19.4. The Balaban J connectivity index is 1.75. The molecule has 4 rings (SSSR count). The fraction of sp³-hybridized carbons (Fsp3) is 0.438. The summed E-state index contributed by atoms with van der Waals surface area (Å²) in [6, 6.07) is 6.13. The highest BCUT2D eigenvalue weighted by Crippen LogP contribution is 2.50. The smallest absolute Gasteiger partial charge is 0.335 e. The zero-order valence-electron chi connectivity index (χ0n) is 24.3. The summed E-state index contributed by atoms with van der Waals surface area (Å²) in [4.78, 5) is 32.4. The van der Waals surface area contributed by atoms with E-state index in [0.717, 1.165) is 16.0 Å². The van der Waals surface area contributed by atoms with Crippen LogP contribution in [0.2, 0.25) is 0 Å². The molecule has 0 aliphatic carbocycles. The molecule has 5 nitrogen and oxygen atoms in total. The minimum Gasteiger partial charge on any atom is -0.335 e. The maximum Gasteiger partial charge on any atom is 0.416 e. The summed E-state index contributed by atoms with van der Waals surface area (Å²) in [5.74, 6) is -0.0478. The van der Waals surface area contributed by atoms with E-state index in [1.54, 1.807) is 22.0 Å². The van der Waals surface area contributed by atoms with Gasteiger partial charge < -0.3 is 14.7 Å². The molecule has 0 N–H and O–H groups in total. The lowest BCUT2D eigenvalue weighted by molar-refractivity contribution is -0.143. The molecule has 3 amide bonds. The number of amides is 3. The van der Waals surface area contributed by atoms with Crippen molar-refractivity contribution in [2.24, 2.45) is 5.41 Å². The Hall–Kier alpha value is -3.76. The van der Waals surface area contributed by atoms with Gasteiger partial charge in [-0.1, -0.05) is 36.4 Å². The third-order valence-electron chi connectivity index (χ3n) is 8.79. The third kappa shape index (κ3) is 6.03. The predicted molar refractivity (Wildman–Crippen MR) is 151 cm³/mol. The normalized spacial score (nSPS) is 20.9. The number of fused-ring (bicyclic) bond motifs is 1. The molecule has 2 aromatic rings. The van der Waals surface area contributed by atoms with Crippen LogP contribution in [-0.4, -0.2) is 52.8 Å². The molecule has 0 aromatic heterocycles. The van der Waals surface area contributed by atoms with Gasteiger partial charge in [0.1, 0.15) is 0 Å². The van der Waals surface area contributed by atoms with Gasteiger partial charge in [-0.25, -0.2) is 4.79 Å². The number of halogens is 6. The highest BCUT2D eigenvalue weighted by molar-refractivity contribution is 5.87. The van der Waals surface area contributed by atoms with Gasteiger partial charge in [0, 0.05) is 20.1 Å². The quantitative estimate of drug-likeness (QED) is 0.237. The fourth-order valence-electron chi connectivity index (χ4n) is 6.46. The monoisotopic (exact) mass is 607 g/mol. The zero-order valence-corrected chi connectivity index (χ0v) is 24.3. The Morgan fingerprint density at radius 1 is 1.02 bits per heavy atom. The van der Waals surface area contributed by atoms with Crippen molar-refractivity contribution < 1.29 is 35.9 Å². The molecule has 0 saturated carbocycles. The Morgan fingerprint density at radius 2 is 1.58 bits per heavy atom. The first kappa shape index (κ1) is 32.2. The number of rotatable bonds is 7. The van der Waals surface area contributed by atoms with Crippen molar-refractivity contribution in [1.82, 2.24) is 14.7 Å². The summed E-state index contributed by atoms with van der Waals surface area (Å²) in [7, 11) is 1.36. The van der Waals surface area contributed by atoms with Crippen LogP contribution < -0.4 is 0 Å². The standard InChI is InChI=1S/C32H35F6N3O2/c1-6-12-30(13-7-2)19-26-27(25-11-9-8-10-20(25)3)41(15-14-40(26)28(30)42)29(43)39(5)21(4)22-16-23(31(33,34)35)18-24(17-22)32(36,37)38/h6-11,16-18,21,26-27H,1-2,12-15,19H2,3-5H3. The SMILES string of the molecule is C=CCC1(CC=C)CC2C(c3ccccc3C)N(C(=O)N(C)C(C)c3cc(C(F)(F)F)cc(C(F)(F)F)c3)CCN2C1=O. The topological polar surface area (TPSA) is 43.9 Å². The van der Waals surface area contributed by atoms with Gasteiger partial charge in [0.05, 0.1) is 34.7 Å². The fourth-order valence-corrected chi connectivity index (χ4v) is 6.46. The van der Waals surface area contributed by atoms with Crippen LogP contribution in [-0.2, 0) is 17.1 Å². The average Bonchev–Trinajstić information content (AvgIpc) is 3.21. The van der Waals surface area contributed by atoms with E-state index >= 15 is 0 Å². The van der Waals surface area contributed by atoms with Gasteiger partial charge in [0.15, 0.2) is 0 Å². The van der Waals surface area contributed by atoms with Crippen molar-refractivity contribution in [3.63, 3.8) is 0 Å². The molecule has 232 valence electrons. The van der Waals surface area contributed by atoms with E-state index in [2.05, 4.69) is 13.2 Å². The van der Waals surface area contributed by atoms with Crippen molar-refractivity contribution in [2.75, 3.05) is 20.1 Å². The lowest BCUT2D eigenvalue weighted by Gasteiger charge is -2.47. The number of carbonyl (C=O) groups is 2. The van der Waals surface area contributed by atoms with Crippen LogP contribution in [0.1, 0.15) is 66.1 Å². The maximum absolute atomic E-state index is 14.1. The lowest BCUT2D eigenvalue weighted by Crippen LogP contribution is -2.57. The summed E-state index contributed by atoms with van der Waals surface area (Å²) >= 11 is 0. The molecule has 3 unspecified atom stereocenters. The van der Waals surface area contributed by atoms with Crippen LogP contribution in [0.5, 0.6) is 0 Å². The van der Waals surface area contributed by atoms with Crippen LogP contribution >= 0.6 is 0 Å². The molecule has 2 aliphatic rings. The molecule has 0 spiro atoms. The molecule has 2 aromatic carbocycles. The van der Waals surface area contributed by atoms with E-state index in [9.17, 15) is 35.9 Å². The van der Waals surface area contributed by atoms with Gasteiger partial charge >= 0.3 is 18.4 Å². The van der Waals surface area contributed by atoms with Crippen LogP contribution in [0, 0.1) is 12.3 Å². The molecule has 11 heteroatoms. The van der Waals surface area contributed by atoms with E-state index in [1.165, 1.54) is 14.0 Å². The number of benzene rings is 2. The number of hydrogen-bond donors (Lipinski definition) is 0. The van der Waals surface area contributed by atoms with Crippen LogP contribution in [0.25, 0.3) is 0 Å².